The molecular weight excluding hydrogens is 186 g/mol. The van der Waals surface area contributed by atoms with Crippen LogP contribution in [0.3, 0.4) is 0 Å². The van der Waals surface area contributed by atoms with Gasteiger partial charge >= 0.3 is 0 Å². The highest BCUT2D eigenvalue weighted by atomic mass is 19.2. The van der Waals surface area contributed by atoms with Crippen LogP contribution in [0.1, 0.15) is 0 Å². The van der Waals surface area contributed by atoms with Crippen LogP contribution in [0.5, 0.6) is 0 Å². The molecule has 0 aliphatic heterocycles. The van der Waals surface area contributed by atoms with Crippen molar-refractivity contribution in [2.45, 2.75) is 37.0 Å². The van der Waals surface area contributed by atoms with E-state index in [1.165, 1.54) is 0 Å². The van der Waals surface area contributed by atoms with Gasteiger partial charge < -0.3 is 0 Å². The lowest BCUT2D eigenvalue weighted by Crippen LogP contribution is -2.54. The summed E-state index contributed by atoms with van der Waals surface area (Å²) in [5.74, 6) is 0. The Kier molecular flexibility index (Phi) is 2.53. The van der Waals surface area contributed by atoms with E-state index >= 15 is 0 Å². The van der Waals surface area contributed by atoms with Crippen molar-refractivity contribution in [1.29, 1.82) is 0 Å². The van der Waals surface area contributed by atoms with Crippen LogP contribution in [0.15, 0.2) is 0 Å². The maximum Gasteiger partial charge on any atom is 0.168 e. The van der Waals surface area contributed by atoms with Crippen molar-refractivity contribution in [3.63, 3.8) is 0 Å². The van der Waals surface area contributed by atoms with Gasteiger partial charge in [-0.3, -0.25) is 0 Å². The summed E-state index contributed by atoms with van der Waals surface area (Å²) >= 11 is 0. The quantitative estimate of drug-likeness (QED) is 0.515. The standard InChI is InChI=1S/C6H6F6/c7-1-2(8)4(10)6(12)5(11)3(1)9/h1-6H. The van der Waals surface area contributed by atoms with Crippen molar-refractivity contribution in [2.24, 2.45) is 0 Å². The van der Waals surface area contributed by atoms with Crippen molar-refractivity contribution >= 4 is 0 Å². The van der Waals surface area contributed by atoms with Gasteiger partial charge in [-0.2, -0.15) is 0 Å². The summed E-state index contributed by atoms with van der Waals surface area (Å²) in [6.07, 6.45) is -17.5. The molecule has 0 unspecified atom stereocenters. The first-order valence-corrected chi connectivity index (χ1v) is 3.31. The van der Waals surface area contributed by atoms with Crippen LogP contribution in [-0.4, -0.2) is 37.0 Å². The van der Waals surface area contributed by atoms with Crippen molar-refractivity contribution < 1.29 is 26.3 Å². The SMILES string of the molecule is FC1C(F)C(F)C(F)C(F)C1F. The second kappa shape index (κ2) is 3.14. The predicted molar refractivity (Wildman–Crippen MR) is 29.4 cm³/mol. The molecule has 72 valence electrons. The van der Waals surface area contributed by atoms with Gasteiger partial charge in [-0.25, -0.2) is 26.3 Å². The molecule has 0 N–H and O–H groups in total. The molecule has 1 aliphatic rings. The Morgan fingerprint density at radius 2 is 0.417 bits per heavy atom. The lowest BCUT2D eigenvalue weighted by atomic mass is 9.90. The van der Waals surface area contributed by atoms with Gasteiger partial charge in [-0.05, 0) is 0 Å². The number of halogens is 6. The lowest BCUT2D eigenvalue weighted by Gasteiger charge is -2.31. The molecule has 1 aliphatic carbocycles. The zero-order valence-electron chi connectivity index (χ0n) is 5.73. The van der Waals surface area contributed by atoms with Crippen molar-refractivity contribution in [3.8, 4) is 0 Å². The molecule has 0 nitrogen and oxygen atoms in total. The molecule has 0 aromatic heterocycles. The average molecular weight is 192 g/mol. The molecule has 0 radical (unpaired) electrons. The third-order valence-corrected chi connectivity index (χ3v) is 1.83. The maximum absolute atomic E-state index is 12.2. The maximum atomic E-state index is 12.2. The molecule has 12 heavy (non-hydrogen) atoms. The van der Waals surface area contributed by atoms with E-state index in [0.29, 0.717) is 0 Å². The van der Waals surface area contributed by atoms with Gasteiger partial charge in [0.1, 0.15) is 0 Å². The fraction of sp³-hybridized carbons (Fsp3) is 1.00. The Bertz CT molecular complexity index is 104. The Hall–Kier alpha value is -0.420. The number of hydrogen-bond donors (Lipinski definition) is 0. The Balaban J connectivity index is 2.76. The van der Waals surface area contributed by atoms with Gasteiger partial charge in [0.05, 0.1) is 0 Å². The topological polar surface area (TPSA) is 0 Å². The van der Waals surface area contributed by atoms with Crippen LogP contribution in [0.4, 0.5) is 26.3 Å². The summed E-state index contributed by atoms with van der Waals surface area (Å²) < 4.78 is 73.5. The van der Waals surface area contributed by atoms with E-state index in [9.17, 15) is 26.3 Å². The second-order valence-corrected chi connectivity index (χ2v) is 2.67. The molecule has 1 saturated carbocycles. The molecule has 1 fully saturated rings. The minimum absolute atomic E-state index is 2.91. The van der Waals surface area contributed by atoms with Crippen LogP contribution in [0.25, 0.3) is 0 Å². The number of rotatable bonds is 0. The van der Waals surface area contributed by atoms with Gasteiger partial charge in [0.2, 0.25) is 0 Å². The Morgan fingerprint density at radius 3 is 0.500 bits per heavy atom. The van der Waals surface area contributed by atoms with Gasteiger partial charge in [0, 0.05) is 0 Å². The molecule has 0 spiro atoms. The van der Waals surface area contributed by atoms with E-state index in [2.05, 4.69) is 0 Å². The summed E-state index contributed by atoms with van der Waals surface area (Å²) in [7, 11) is 0. The van der Waals surface area contributed by atoms with Gasteiger partial charge in [0.25, 0.3) is 0 Å². The molecule has 0 aromatic carbocycles. The normalized spacial score (nSPS) is 55.5. The predicted octanol–water partition coefficient (Wildman–Crippen LogP) is 2.03. The summed E-state index contributed by atoms with van der Waals surface area (Å²) in [5.41, 5.74) is 0. The first-order chi connectivity index (χ1) is 5.46. The third-order valence-electron chi connectivity index (χ3n) is 1.83. The molecule has 0 saturated heterocycles. The smallest absolute Gasteiger partial charge is 0.168 e. The van der Waals surface area contributed by atoms with Gasteiger partial charge in [-0.15, -0.1) is 0 Å². The molecule has 0 heterocycles. The monoisotopic (exact) mass is 192 g/mol. The van der Waals surface area contributed by atoms with Crippen LogP contribution in [0, 0.1) is 0 Å². The molecular formula is C6H6F6. The van der Waals surface area contributed by atoms with E-state index in [-0.39, 0.29) is 0 Å². The highest BCUT2D eigenvalue weighted by Gasteiger charge is 2.54. The van der Waals surface area contributed by atoms with Crippen molar-refractivity contribution in [3.05, 3.63) is 0 Å². The first kappa shape index (κ1) is 9.67. The van der Waals surface area contributed by atoms with E-state index in [4.69, 9.17) is 0 Å². The van der Waals surface area contributed by atoms with E-state index in [1.807, 2.05) is 0 Å². The Morgan fingerprint density at radius 1 is 0.333 bits per heavy atom. The van der Waals surface area contributed by atoms with Crippen LogP contribution >= 0.6 is 0 Å². The van der Waals surface area contributed by atoms with Crippen molar-refractivity contribution in [1.82, 2.24) is 0 Å². The minimum Gasteiger partial charge on any atom is -0.241 e. The van der Waals surface area contributed by atoms with E-state index in [1.54, 1.807) is 0 Å². The zero-order valence-corrected chi connectivity index (χ0v) is 5.73. The van der Waals surface area contributed by atoms with Gasteiger partial charge in [-0.1, -0.05) is 0 Å². The molecule has 6 heteroatoms. The van der Waals surface area contributed by atoms with Crippen molar-refractivity contribution in [2.75, 3.05) is 0 Å². The first-order valence-electron chi connectivity index (χ1n) is 3.31. The molecule has 1 rings (SSSR count). The summed E-state index contributed by atoms with van der Waals surface area (Å²) in [5, 5.41) is 0. The number of hydrogen-bond acceptors (Lipinski definition) is 0. The van der Waals surface area contributed by atoms with Gasteiger partial charge in [0.15, 0.2) is 37.0 Å². The molecule has 0 amide bonds. The highest BCUT2D eigenvalue weighted by Crippen LogP contribution is 2.33. The third kappa shape index (κ3) is 1.27. The average Bonchev–Trinajstić information content (AvgIpc) is 2.08. The van der Waals surface area contributed by atoms with Crippen LogP contribution in [-0.2, 0) is 0 Å². The highest BCUT2D eigenvalue weighted by molar-refractivity contribution is 4.99. The molecule has 0 atom stereocenters. The minimum atomic E-state index is -2.91. The fourth-order valence-corrected chi connectivity index (χ4v) is 1.05. The molecule has 0 bridgehead atoms. The van der Waals surface area contributed by atoms with Crippen LogP contribution in [0.2, 0.25) is 0 Å². The molecule has 0 aromatic rings. The fourth-order valence-electron chi connectivity index (χ4n) is 1.05. The number of alkyl halides is 6. The lowest BCUT2D eigenvalue weighted by molar-refractivity contribution is -0.0969. The summed E-state index contributed by atoms with van der Waals surface area (Å²) in [4.78, 5) is 0. The van der Waals surface area contributed by atoms with E-state index < -0.39 is 37.0 Å². The largest absolute Gasteiger partial charge is 0.241 e. The second-order valence-electron chi connectivity index (χ2n) is 2.67. The van der Waals surface area contributed by atoms with E-state index in [0.717, 1.165) is 0 Å². The Labute approximate surface area is 64.6 Å². The summed E-state index contributed by atoms with van der Waals surface area (Å²) in [6, 6.07) is 0. The zero-order chi connectivity index (χ0) is 9.46. The van der Waals surface area contributed by atoms with Crippen LogP contribution < -0.4 is 0 Å². The summed E-state index contributed by atoms with van der Waals surface area (Å²) in [6.45, 7) is 0.